The number of halogens is 2. The Hall–Kier alpha value is -2.97. The van der Waals surface area contributed by atoms with Gasteiger partial charge in [0.25, 0.3) is 0 Å². The molecule has 0 aliphatic carbocycles. The molecule has 0 atom stereocenters. The number of amides is 1. The zero-order chi connectivity index (χ0) is 25.1. The van der Waals surface area contributed by atoms with Crippen LogP contribution in [0.3, 0.4) is 0 Å². The maximum atomic E-state index is 12.5. The van der Waals surface area contributed by atoms with Gasteiger partial charge in [0.05, 0.1) is 10.0 Å². The lowest BCUT2D eigenvalue weighted by atomic mass is 9.98. The van der Waals surface area contributed by atoms with E-state index in [0.29, 0.717) is 27.2 Å². The molecule has 2 aliphatic heterocycles. The summed E-state index contributed by atoms with van der Waals surface area (Å²) >= 11 is 12.4. The lowest BCUT2D eigenvalue weighted by Crippen LogP contribution is -2.44. The number of hydrogen-bond acceptors (Lipinski definition) is 6. The third-order valence-electron chi connectivity index (χ3n) is 6.43. The van der Waals surface area contributed by atoms with Crippen LogP contribution in [-0.2, 0) is 17.9 Å². The van der Waals surface area contributed by atoms with Crippen LogP contribution >= 0.6 is 23.2 Å². The quantitative estimate of drug-likeness (QED) is 0.431. The van der Waals surface area contributed by atoms with Gasteiger partial charge < -0.3 is 19.1 Å². The van der Waals surface area contributed by atoms with Crippen molar-refractivity contribution in [3.05, 3.63) is 75.8 Å². The number of nitrogens with one attached hydrogen (secondary N) is 1. The van der Waals surface area contributed by atoms with Crippen LogP contribution in [0.2, 0.25) is 10.0 Å². The van der Waals surface area contributed by atoms with E-state index in [9.17, 15) is 4.79 Å². The first-order chi connectivity index (χ1) is 17.4. The molecular formula is C27H27Cl2N3O4. The lowest BCUT2D eigenvalue weighted by molar-refractivity contribution is 0.143. The summed E-state index contributed by atoms with van der Waals surface area (Å²) < 4.78 is 16.3. The Morgan fingerprint density at radius 3 is 2.44 bits per heavy atom. The highest BCUT2D eigenvalue weighted by molar-refractivity contribution is 6.42. The maximum Gasteiger partial charge on any atom is 0.411 e. The van der Waals surface area contributed by atoms with Crippen molar-refractivity contribution in [2.24, 2.45) is 0 Å². The smallest absolute Gasteiger partial charge is 0.411 e. The second-order valence-corrected chi connectivity index (χ2v) is 9.78. The number of nitrogens with zero attached hydrogens (tertiary/aromatic N) is 2. The maximum absolute atomic E-state index is 12.5. The highest BCUT2D eigenvalue weighted by atomic mass is 35.5. The third kappa shape index (κ3) is 5.87. The summed E-state index contributed by atoms with van der Waals surface area (Å²) in [6, 6.07) is 17.0. The van der Waals surface area contributed by atoms with Crippen molar-refractivity contribution in [1.29, 1.82) is 0 Å². The number of piperazine rings is 1. The van der Waals surface area contributed by atoms with Crippen LogP contribution < -0.4 is 14.8 Å². The molecule has 7 nitrogen and oxygen atoms in total. The van der Waals surface area contributed by atoms with Gasteiger partial charge in [-0.15, -0.1) is 0 Å². The molecule has 5 rings (SSSR count). The summed E-state index contributed by atoms with van der Waals surface area (Å²) in [6.45, 7) is 5.12. The first-order valence-corrected chi connectivity index (χ1v) is 12.5. The summed E-state index contributed by atoms with van der Waals surface area (Å²) in [4.78, 5) is 17.3. The molecule has 1 amide bonds. The minimum absolute atomic E-state index is 0.154. The molecule has 36 heavy (non-hydrogen) atoms. The van der Waals surface area contributed by atoms with Crippen LogP contribution in [-0.4, -0.2) is 55.9 Å². The molecule has 0 aromatic heterocycles. The number of hydrogen-bond donors (Lipinski definition) is 1. The topological polar surface area (TPSA) is 63.3 Å². The van der Waals surface area contributed by atoms with E-state index < -0.39 is 6.09 Å². The lowest BCUT2D eigenvalue weighted by Gasteiger charge is -2.32. The molecule has 188 valence electrons. The molecule has 1 N–H and O–H groups in total. The van der Waals surface area contributed by atoms with E-state index in [-0.39, 0.29) is 13.4 Å². The van der Waals surface area contributed by atoms with Gasteiger partial charge >= 0.3 is 6.09 Å². The fourth-order valence-corrected chi connectivity index (χ4v) is 4.59. The van der Waals surface area contributed by atoms with Gasteiger partial charge in [-0.2, -0.15) is 0 Å². The van der Waals surface area contributed by atoms with Gasteiger partial charge in [-0.1, -0.05) is 41.4 Å². The average molecular weight is 528 g/mol. The monoisotopic (exact) mass is 527 g/mol. The van der Waals surface area contributed by atoms with Crippen molar-refractivity contribution in [1.82, 2.24) is 9.80 Å². The fourth-order valence-electron chi connectivity index (χ4n) is 4.29. The van der Waals surface area contributed by atoms with Crippen molar-refractivity contribution in [3.63, 3.8) is 0 Å². The second kappa shape index (κ2) is 11.0. The molecule has 0 radical (unpaired) electrons. The molecule has 0 saturated carbocycles. The normalized spacial score (nSPS) is 15.6. The van der Waals surface area contributed by atoms with Crippen molar-refractivity contribution in [3.8, 4) is 22.6 Å². The zero-order valence-electron chi connectivity index (χ0n) is 19.9. The Kier molecular flexibility index (Phi) is 7.53. The SMILES string of the molecule is CN1CCN(Cc2cc(-c3ccc(Cl)c(Cl)c3)ccc2COC(=O)Nc2ccc3c(c2)OCO3)CC1. The van der Waals surface area contributed by atoms with Crippen LogP contribution in [0.1, 0.15) is 11.1 Å². The largest absolute Gasteiger partial charge is 0.454 e. The minimum atomic E-state index is -0.534. The van der Waals surface area contributed by atoms with Crippen LogP contribution in [0.4, 0.5) is 10.5 Å². The third-order valence-corrected chi connectivity index (χ3v) is 7.17. The van der Waals surface area contributed by atoms with Crippen LogP contribution in [0.15, 0.2) is 54.6 Å². The van der Waals surface area contributed by atoms with E-state index in [0.717, 1.165) is 55.0 Å². The van der Waals surface area contributed by atoms with Gasteiger partial charge in [-0.3, -0.25) is 10.2 Å². The predicted octanol–water partition coefficient (Wildman–Crippen LogP) is 5.89. The molecule has 9 heteroatoms. The van der Waals surface area contributed by atoms with E-state index in [2.05, 4.69) is 28.2 Å². The molecule has 3 aromatic rings. The number of rotatable bonds is 6. The Balaban J connectivity index is 1.31. The molecule has 1 saturated heterocycles. The van der Waals surface area contributed by atoms with Crippen LogP contribution in [0.25, 0.3) is 11.1 Å². The minimum Gasteiger partial charge on any atom is -0.454 e. The Morgan fingerprint density at radius 1 is 0.889 bits per heavy atom. The summed E-state index contributed by atoms with van der Waals surface area (Å²) in [7, 11) is 2.14. The van der Waals surface area contributed by atoms with E-state index in [1.807, 2.05) is 24.3 Å². The van der Waals surface area contributed by atoms with Gasteiger partial charge in [0.15, 0.2) is 11.5 Å². The molecule has 3 aromatic carbocycles. The van der Waals surface area contributed by atoms with Gasteiger partial charge in [0.1, 0.15) is 6.61 Å². The number of anilines is 1. The zero-order valence-corrected chi connectivity index (χ0v) is 21.4. The van der Waals surface area contributed by atoms with Gasteiger partial charge in [-0.25, -0.2) is 4.79 Å². The van der Waals surface area contributed by atoms with E-state index in [1.54, 1.807) is 24.3 Å². The second-order valence-electron chi connectivity index (χ2n) is 8.96. The first kappa shape index (κ1) is 24.7. The molecule has 1 fully saturated rings. The summed E-state index contributed by atoms with van der Waals surface area (Å²) in [5.74, 6) is 1.25. The molecular weight excluding hydrogens is 501 g/mol. The van der Waals surface area contributed by atoms with Crippen LogP contribution in [0.5, 0.6) is 11.5 Å². The van der Waals surface area contributed by atoms with Gasteiger partial charge in [0.2, 0.25) is 6.79 Å². The number of likely N-dealkylation sites (N-methyl/N-ethyl adjacent to an activating group) is 1. The number of carbonyl (C=O) groups excluding carboxylic acids is 1. The molecule has 0 spiro atoms. The van der Waals surface area contributed by atoms with Gasteiger partial charge in [-0.05, 0) is 59.6 Å². The Labute approximate surface area is 220 Å². The number of benzene rings is 3. The summed E-state index contributed by atoms with van der Waals surface area (Å²) in [5.41, 5.74) is 4.66. The van der Waals surface area contributed by atoms with Crippen molar-refractivity contribution in [2.45, 2.75) is 13.2 Å². The number of ether oxygens (including phenoxy) is 3. The number of carbonyl (C=O) groups is 1. The molecule has 0 bridgehead atoms. The van der Waals surface area contributed by atoms with Crippen molar-refractivity contribution in [2.75, 3.05) is 45.3 Å². The van der Waals surface area contributed by atoms with Crippen molar-refractivity contribution >= 4 is 35.0 Å². The average Bonchev–Trinajstić information content (AvgIpc) is 3.34. The predicted molar refractivity (Wildman–Crippen MR) is 141 cm³/mol. The summed E-state index contributed by atoms with van der Waals surface area (Å²) in [5, 5.41) is 3.80. The van der Waals surface area contributed by atoms with E-state index in [4.69, 9.17) is 37.4 Å². The highest BCUT2D eigenvalue weighted by Gasteiger charge is 2.18. The van der Waals surface area contributed by atoms with E-state index in [1.165, 1.54) is 0 Å². The van der Waals surface area contributed by atoms with Gasteiger partial charge in [0, 0.05) is 44.5 Å². The fraction of sp³-hybridized carbons (Fsp3) is 0.296. The van der Waals surface area contributed by atoms with E-state index >= 15 is 0 Å². The Morgan fingerprint density at radius 2 is 1.64 bits per heavy atom. The first-order valence-electron chi connectivity index (χ1n) is 11.8. The molecule has 2 aliphatic rings. The molecule has 2 heterocycles. The standard InChI is InChI=1S/C27H27Cl2N3O4/c1-31-8-10-32(11-9-31)15-21-12-18(19-4-6-23(28)24(29)13-19)2-3-20(21)16-34-27(33)30-22-5-7-25-26(14-22)36-17-35-25/h2-7,12-14H,8-11,15-17H2,1H3,(H,30,33). The van der Waals surface area contributed by atoms with Crippen LogP contribution in [0, 0.1) is 0 Å². The highest BCUT2D eigenvalue weighted by Crippen LogP contribution is 2.34. The number of fused-ring (bicyclic) bond motifs is 1. The summed E-state index contributed by atoms with van der Waals surface area (Å²) in [6.07, 6.45) is -0.534. The molecule has 0 unspecified atom stereocenters. The van der Waals surface area contributed by atoms with Crippen molar-refractivity contribution < 1.29 is 19.0 Å². The Bertz CT molecular complexity index is 1260.